The molecule has 0 bridgehead atoms. The number of pyridine rings is 1. The summed E-state index contributed by atoms with van der Waals surface area (Å²) in [6, 6.07) is 9.91. The lowest BCUT2D eigenvalue weighted by molar-refractivity contribution is 0.102. The largest absolute Gasteiger partial charge is 0.481 e. The smallest absolute Gasteiger partial charge is 0.256 e. The van der Waals surface area contributed by atoms with Gasteiger partial charge in [0.15, 0.2) is 0 Å². The van der Waals surface area contributed by atoms with Crippen molar-refractivity contribution >= 4 is 34.8 Å². The summed E-state index contributed by atoms with van der Waals surface area (Å²) in [5.74, 6) is -0.0625. The van der Waals surface area contributed by atoms with Crippen LogP contribution in [-0.4, -0.2) is 18.0 Å². The molecule has 0 atom stereocenters. The predicted molar refractivity (Wildman–Crippen MR) is 75.2 cm³/mol. The van der Waals surface area contributed by atoms with Crippen LogP contribution in [0.1, 0.15) is 10.4 Å². The van der Waals surface area contributed by atoms with E-state index in [0.29, 0.717) is 16.3 Å². The molecule has 0 aliphatic carbocycles. The average molecular weight is 297 g/mol. The van der Waals surface area contributed by atoms with Crippen molar-refractivity contribution in [3.63, 3.8) is 0 Å². The van der Waals surface area contributed by atoms with Crippen LogP contribution in [0.25, 0.3) is 0 Å². The van der Waals surface area contributed by atoms with Gasteiger partial charge in [-0.15, -0.1) is 0 Å². The second kappa shape index (κ2) is 5.91. The van der Waals surface area contributed by atoms with Gasteiger partial charge in [0.1, 0.15) is 5.15 Å². The average Bonchev–Trinajstić information content (AvgIpc) is 2.40. The van der Waals surface area contributed by atoms with Gasteiger partial charge in [-0.05, 0) is 18.2 Å². The summed E-state index contributed by atoms with van der Waals surface area (Å²) in [6.07, 6.45) is 0. The van der Waals surface area contributed by atoms with Crippen molar-refractivity contribution in [2.24, 2.45) is 0 Å². The van der Waals surface area contributed by atoms with Gasteiger partial charge in [-0.25, -0.2) is 4.98 Å². The first-order valence-corrected chi connectivity index (χ1v) is 6.13. The summed E-state index contributed by atoms with van der Waals surface area (Å²) >= 11 is 11.8. The molecular formula is C13H10Cl2N2O2. The number of aromatic nitrogens is 1. The fourth-order valence-electron chi connectivity index (χ4n) is 1.47. The van der Waals surface area contributed by atoms with Crippen LogP contribution in [0.3, 0.4) is 0 Å². The molecule has 19 heavy (non-hydrogen) atoms. The summed E-state index contributed by atoms with van der Waals surface area (Å²) in [5.41, 5.74) is 0.873. The Morgan fingerprint density at radius 1 is 1.26 bits per heavy atom. The van der Waals surface area contributed by atoms with Crippen molar-refractivity contribution in [3.05, 3.63) is 52.1 Å². The number of rotatable bonds is 3. The molecule has 0 saturated carbocycles. The van der Waals surface area contributed by atoms with Crippen LogP contribution >= 0.6 is 23.2 Å². The minimum Gasteiger partial charge on any atom is -0.481 e. The Kier molecular flexibility index (Phi) is 4.24. The number of halogens is 2. The number of carbonyl (C=O) groups excluding carboxylic acids is 1. The Hall–Kier alpha value is -1.78. The van der Waals surface area contributed by atoms with Crippen LogP contribution in [0.4, 0.5) is 5.69 Å². The van der Waals surface area contributed by atoms with E-state index in [1.807, 2.05) is 0 Å². The molecule has 0 unspecified atom stereocenters. The summed E-state index contributed by atoms with van der Waals surface area (Å²) in [5, 5.41) is 3.34. The third-order valence-electron chi connectivity index (χ3n) is 2.36. The molecule has 1 heterocycles. The maximum atomic E-state index is 12.1. The zero-order chi connectivity index (χ0) is 13.8. The second-order valence-corrected chi connectivity index (χ2v) is 4.45. The molecule has 98 valence electrons. The molecule has 1 N–H and O–H groups in total. The normalized spacial score (nSPS) is 10.1. The minimum absolute atomic E-state index is 0.184. The number of carbonyl (C=O) groups is 1. The molecule has 0 aliphatic rings. The molecule has 6 heteroatoms. The standard InChI is InChI=1S/C13H10Cl2N2O2/c1-19-12-7-8(6-11(15)17-12)13(18)16-10-5-3-2-4-9(10)14/h2-7H,1H3,(H,16,18). The highest BCUT2D eigenvalue weighted by molar-refractivity contribution is 6.34. The molecule has 2 rings (SSSR count). The number of para-hydroxylation sites is 1. The minimum atomic E-state index is -0.337. The summed E-state index contributed by atoms with van der Waals surface area (Å²) < 4.78 is 4.96. The molecule has 2 aromatic rings. The topological polar surface area (TPSA) is 51.2 Å². The Labute approximate surface area is 120 Å². The fraction of sp³-hybridized carbons (Fsp3) is 0.0769. The van der Waals surface area contributed by atoms with Crippen LogP contribution < -0.4 is 10.1 Å². The van der Waals surface area contributed by atoms with Crippen molar-refractivity contribution in [2.45, 2.75) is 0 Å². The Bertz CT molecular complexity index is 617. The monoisotopic (exact) mass is 296 g/mol. The molecule has 4 nitrogen and oxygen atoms in total. The third kappa shape index (κ3) is 3.36. The fourth-order valence-corrected chi connectivity index (χ4v) is 1.85. The van der Waals surface area contributed by atoms with Crippen LogP contribution in [0.15, 0.2) is 36.4 Å². The number of hydrogen-bond donors (Lipinski definition) is 1. The van der Waals surface area contributed by atoms with Gasteiger partial charge in [0, 0.05) is 11.6 Å². The van der Waals surface area contributed by atoms with E-state index >= 15 is 0 Å². The molecule has 0 radical (unpaired) electrons. The number of amides is 1. The van der Waals surface area contributed by atoms with Gasteiger partial charge in [0.25, 0.3) is 5.91 Å². The van der Waals surface area contributed by atoms with E-state index in [4.69, 9.17) is 27.9 Å². The quantitative estimate of drug-likeness (QED) is 0.880. The van der Waals surface area contributed by atoms with E-state index in [1.165, 1.54) is 19.2 Å². The predicted octanol–water partition coefficient (Wildman–Crippen LogP) is 3.65. The van der Waals surface area contributed by atoms with Gasteiger partial charge in [-0.2, -0.15) is 0 Å². The number of methoxy groups -OCH3 is 1. The molecule has 0 aliphatic heterocycles. The number of nitrogens with one attached hydrogen (secondary N) is 1. The number of anilines is 1. The first kappa shape index (κ1) is 13.6. The highest BCUT2D eigenvalue weighted by Gasteiger charge is 2.11. The van der Waals surface area contributed by atoms with E-state index in [0.717, 1.165) is 0 Å². The van der Waals surface area contributed by atoms with Crippen molar-refractivity contribution in [3.8, 4) is 5.88 Å². The van der Waals surface area contributed by atoms with Crippen molar-refractivity contribution < 1.29 is 9.53 Å². The van der Waals surface area contributed by atoms with Crippen LogP contribution in [-0.2, 0) is 0 Å². The second-order valence-electron chi connectivity index (χ2n) is 3.65. The SMILES string of the molecule is COc1cc(C(=O)Nc2ccccc2Cl)cc(Cl)n1. The summed E-state index contributed by atoms with van der Waals surface area (Å²) in [7, 11) is 1.45. The van der Waals surface area contributed by atoms with Crippen LogP contribution in [0.2, 0.25) is 10.2 Å². The molecule has 1 aromatic heterocycles. The Balaban J connectivity index is 2.25. The number of hydrogen-bond acceptors (Lipinski definition) is 3. The lowest BCUT2D eigenvalue weighted by atomic mass is 10.2. The maximum Gasteiger partial charge on any atom is 0.256 e. The molecule has 0 saturated heterocycles. The first-order chi connectivity index (χ1) is 9.10. The molecule has 1 amide bonds. The third-order valence-corrected chi connectivity index (χ3v) is 2.89. The van der Waals surface area contributed by atoms with E-state index in [9.17, 15) is 4.79 Å². The lowest BCUT2D eigenvalue weighted by Gasteiger charge is -2.08. The van der Waals surface area contributed by atoms with Gasteiger partial charge in [-0.1, -0.05) is 35.3 Å². The summed E-state index contributed by atoms with van der Waals surface area (Å²) in [4.78, 5) is 16.0. The van der Waals surface area contributed by atoms with Gasteiger partial charge in [0.2, 0.25) is 5.88 Å². The molecule has 0 spiro atoms. The van der Waals surface area contributed by atoms with E-state index < -0.39 is 0 Å². The van der Waals surface area contributed by atoms with Crippen LogP contribution in [0, 0.1) is 0 Å². The van der Waals surface area contributed by atoms with Crippen LogP contribution in [0.5, 0.6) is 5.88 Å². The molecule has 0 fully saturated rings. The zero-order valence-electron chi connectivity index (χ0n) is 9.98. The molecular weight excluding hydrogens is 287 g/mol. The van der Waals surface area contributed by atoms with Gasteiger partial charge < -0.3 is 10.1 Å². The van der Waals surface area contributed by atoms with Gasteiger partial charge >= 0.3 is 0 Å². The van der Waals surface area contributed by atoms with E-state index in [-0.39, 0.29) is 16.9 Å². The van der Waals surface area contributed by atoms with Crippen molar-refractivity contribution in [1.82, 2.24) is 4.98 Å². The highest BCUT2D eigenvalue weighted by atomic mass is 35.5. The van der Waals surface area contributed by atoms with Gasteiger partial charge in [0.05, 0.1) is 17.8 Å². The van der Waals surface area contributed by atoms with Gasteiger partial charge in [-0.3, -0.25) is 4.79 Å². The number of nitrogens with zero attached hydrogens (tertiary/aromatic N) is 1. The van der Waals surface area contributed by atoms with Crippen molar-refractivity contribution in [1.29, 1.82) is 0 Å². The summed E-state index contributed by atoms with van der Waals surface area (Å²) in [6.45, 7) is 0. The Morgan fingerprint density at radius 2 is 2.00 bits per heavy atom. The van der Waals surface area contributed by atoms with E-state index in [2.05, 4.69) is 10.3 Å². The maximum absolute atomic E-state index is 12.1. The zero-order valence-corrected chi connectivity index (χ0v) is 11.5. The number of benzene rings is 1. The Morgan fingerprint density at radius 3 is 2.68 bits per heavy atom. The molecule has 1 aromatic carbocycles. The lowest BCUT2D eigenvalue weighted by Crippen LogP contribution is -2.12. The highest BCUT2D eigenvalue weighted by Crippen LogP contribution is 2.22. The number of ether oxygens (including phenoxy) is 1. The van der Waals surface area contributed by atoms with Crippen molar-refractivity contribution in [2.75, 3.05) is 12.4 Å². The first-order valence-electron chi connectivity index (χ1n) is 5.37. The van der Waals surface area contributed by atoms with E-state index in [1.54, 1.807) is 24.3 Å².